The molecule has 0 aromatic heterocycles. The largest absolute Gasteiger partial charge is 0.381 e. The van der Waals surface area contributed by atoms with Gasteiger partial charge in [0.1, 0.15) is 5.67 Å². The van der Waals surface area contributed by atoms with Crippen LogP contribution in [-0.4, -0.2) is 31.6 Å². The van der Waals surface area contributed by atoms with E-state index >= 15 is 0 Å². The summed E-state index contributed by atoms with van der Waals surface area (Å²) >= 11 is 0. The van der Waals surface area contributed by atoms with E-state index in [0.717, 1.165) is 0 Å². The van der Waals surface area contributed by atoms with Crippen molar-refractivity contribution in [3.63, 3.8) is 0 Å². The molecule has 0 N–H and O–H groups in total. The first-order valence-electron chi connectivity index (χ1n) is 4.84. The molecule has 2 nitrogen and oxygen atoms in total. The number of rotatable bonds is 1. The van der Waals surface area contributed by atoms with Crippen molar-refractivity contribution in [1.29, 1.82) is 0 Å². The van der Waals surface area contributed by atoms with E-state index in [4.69, 9.17) is 9.47 Å². The Labute approximate surface area is 77.7 Å². The van der Waals surface area contributed by atoms with Gasteiger partial charge in [0.05, 0.1) is 12.7 Å². The molecule has 0 aromatic rings. The highest BCUT2D eigenvalue weighted by Gasteiger charge is 2.41. The van der Waals surface area contributed by atoms with Gasteiger partial charge in [0.2, 0.25) is 0 Å². The van der Waals surface area contributed by atoms with Crippen LogP contribution >= 0.6 is 0 Å². The van der Waals surface area contributed by atoms with Crippen molar-refractivity contribution < 1.29 is 13.9 Å². The third-order valence-corrected chi connectivity index (χ3v) is 2.81. The van der Waals surface area contributed by atoms with E-state index in [1.807, 2.05) is 12.2 Å². The van der Waals surface area contributed by atoms with Gasteiger partial charge in [-0.2, -0.15) is 0 Å². The van der Waals surface area contributed by atoms with E-state index in [-0.39, 0.29) is 6.10 Å². The molecule has 1 fully saturated rings. The first-order valence-corrected chi connectivity index (χ1v) is 4.84. The molecule has 1 saturated heterocycles. The van der Waals surface area contributed by atoms with Crippen LogP contribution in [0.4, 0.5) is 4.39 Å². The summed E-state index contributed by atoms with van der Waals surface area (Å²) in [6.45, 7) is 1.61. The Balaban J connectivity index is 1.99. The number of ether oxygens (including phenoxy) is 2. The minimum atomic E-state index is -1.15. The summed E-state index contributed by atoms with van der Waals surface area (Å²) in [4.78, 5) is 0. The highest BCUT2D eigenvalue weighted by molar-refractivity contribution is 4.99. The Hall–Kier alpha value is -0.410. The van der Waals surface area contributed by atoms with Gasteiger partial charge in [0.25, 0.3) is 0 Å². The van der Waals surface area contributed by atoms with Gasteiger partial charge in [-0.25, -0.2) is 4.39 Å². The monoisotopic (exact) mass is 186 g/mol. The zero-order valence-corrected chi connectivity index (χ0v) is 7.67. The summed E-state index contributed by atoms with van der Waals surface area (Å²) in [5.41, 5.74) is -1.15. The molecule has 1 unspecified atom stereocenters. The van der Waals surface area contributed by atoms with Crippen molar-refractivity contribution in [1.82, 2.24) is 0 Å². The van der Waals surface area contributed by atoms with Crippen LogP contribution in [-0.2, 0) is 9.47 Å². The minimum absolute atomic E-state index is 0.249. The molecule has 3 heteroatoms. The first kappa shape index (κ1) is 9.16. The van der Waals surface area contributed by atoms with E-state index in [9.17, 15) is 4.39 Å². The van der Waals surface area contributed by atoms with Crippen LogP contribution in [0.15, 0.2) is 12.2 Å². The standard InChI is InChI=1S/C10H15FO2/c11-10(4-7-12-8-5-10)9-3-1-2-6-13-9/h1-2,9H,3-8H2. The summed E-state index contributed by atoms with van der Waals surface area (Å²) in [6.07, 6.45) is 5.36. The molecule has 13 heavy (non-hydrogen) atoms. The van der Waals surface area contributed by atoms with Crippen LogP contribution in [0, 0.1) is 0 Å². The molecular formula is C10H15FO2. The molecular weight excluding hydrogens is 171 g/mol. The Kier molecular flexibility index (Phi) is 2.65. The van der Waals surface area contributed by atoms with Gasteiger partial charge in [-0.15, -0.1) is 0 Å². The summed E-state index contributed by atoms with van der Waals surface area (Å²) in [5.74, 6) is 0. The lowest BCUT2D eigenvalue weighted by Gasteiger charge is -2.37. The highest BCUT2D eigenvalue weighted by atomic mass is 19.1. The molecule has 2 aliphatic heterocycles. The van der Waals surface area contributed by atoms with E-state index in [1.165, 1.54) is 0 Å². The highest BCUT2D eigenvalue weighted by Crippen LogP contribution is 2.33. The van der Waals surface area contributed by atoms with Gasteiger partial charge in [0, 0.05) is 26.1 Å². The third-order valence-electron chi connectivity index (χ3n) is 2.81. The number of hydrogen-bond donors (Lipinski definition) is 0. The second-order valence-electron chi connectivity index (χ2n) is 3.68. The van der Waals surface area contributed by atoms with Crippen LogP contribution in [0.2, 0.25) is 0 Å². The van der Waals surface area contributed by atoms with Crippen molar-refractivity contribution in [2.24, 2.45) is 0 Å². The zero-order valence-electron chi connectivity index (χ0n) is 7.67. The molecule has 2 aliphatic rings. The second-order valence-corrected chi connectivity index (χ2v) is 3.68. The molecule has 0 aliphatic carbocycles. The van der Waals surface area contributed by atoms with E-state index in [0.29, 0.717) is 39.1 Å². The molecule has 0 aromatic carbocycles. The molecule has 74 valence electrons. The Bertz CT molecular complexity index is 197. The van der Waals surface area contributed by atoms with E-state index in [1.54, 1.807) is 0 Å². The normalized spacial score (nSPS) is 33.2. The fourth-order valence-corrected chi connectivity index (χ4v) is 1.92. The molecule has 0 bridgehead atoms. The Morgan fingerprint density at radius 1 is 1.23 bits per heavy atom. The smallest absolute Gasteiger partial charge is 0.141 e. The molecule has 0 amide bonds. The number of hydrogen-bond acceptors (Lipinski definition) is 2. The fourth-order valence-electron chi connectivity index (χ4n) is 1.92. The summed E-state index contributed by atoms with van der Waals surface area (Å²) in [7, 11) is 0. The van der Waals surface area contributed by atoms with Gasteiger partial charge >= 0.3 is 0 Å². The summed E-state index contributed by atoms with van der Waals surface area (Å²) < 4.78 is 24.8. The first-order chi connectivity index (χ1) is 6.31. The van der Waals surface area contributed by atoms with Crippen molar-refractivity contribution in [3.8, 4) is 0 Å². The van der Waals surface area contributed by atoms with Crippen molar-refractivity contribution in [3.05, 3.63) is 12.2 Å². The SMILES string of the molecule is FC1(C2CC=CCO2)CCOCC1. The third kappa shape index (κ3) is 1.92. The van der Waals surface area contributed by atoms with Crippen LogP contribution in [0.3, 0.4) is 0 Å². The summed E-state index contributed by atoms with van der Waals surface area (Å²) in [6, 6.07) is 0. The zero-order chi connectivity index (χ0) is 9.15. The van der Waals surface area contributed by atoms with Gasteiger partial charge in [0.15, 0.2) is 0 Å². The summed E-state index contributed by atoms with van der Waals surface area (Å²) in [5, 5.41) is 0. The maximum Gasteiger partial charge on any atom is 0.141 e. The molecule has 1 atom stereocenters. The Morgan fingerprint density at radius 2 is 2.00 bits per heavy atom. The maximum atomic E-state index is 14.2. The van der Waals surface area contributed by atoms with Gasteiger partial charge in [-0.1, -0.05) is 12.2 Å². The lowest BCUT2D eigenvalue weighted by Crippen LogP contribution is -2.45. The van der Waals surface area contributed by atoms with Crippen molar-refractivity contribution in [2.45, 2.75) is 31.0 Å². The number of alkyl halides is 1. The van der Waals surface area contributed by atoms with Crippen LogP contribution < -0.4 is 0 Å². The van der Waals surface area contributed by atoms with E-state index in [2.05, 4.69) is 0 Å². The molecule has 0 saturated carbocycles. The predicted molar refractivity (Wildman–Crippen MR) is 47.4 cm³/mol. The average molecular weight is 186 g/mol. The van der Waals surface area contributed by atoms with Gasteiger partial charge in [-0.3, -0.25) is 0 Å². The number of halogens is 1. The van der Waals surface area contributed by atoms with Crippen LogP contribution in [0.5, 0.6) is 0 Å². The maximum absolute atomic E-state index is 14.2. The minimum Gasteiger partial charge on any atom is -0.381 e. The van der Waals surface area contributed by atoms with Crippen molar-refractivity contribution in [2.75, 3.05) is 19.8 Å². The van der Waals surface area contributed by atoms with Crippen LogP contribution in [0.25, 0.3) is 0 Å². The molecule has 0 spiro atoms. The predicted octanol–water partition coefficient (Wildman–Crippen LogP) is 1.85. The van der Waals surface area contributed by atoms with Gasteiger partial charge < -0.3 is 9.47 Å². The van der Waals surface area contributed by atoms with E-state index < -0.39 is 5.67 Å². The fraction of sp³-hybridized carbons (Fsp3) is 0.800. The molecule has 2 heterocycles. The lowest BCUT2D eigenvalue weighted by molar-refractivity contribution is -0.105. The topological polar surface area (TPSA) is 18.5 Å². The Morgan fingerprint density at radius 3 is 2.62 bits per heavy atom. The molecule has 2 rings (SSSR count). The average Bonchev–Trinajstić information content (AvgIpc) is 2.20. The molecule has 0 radical (unpaired) electrons. The van der Waals surface area contributed by atoms with Crippen LogP contribution in [0.1, 0.15) is 19.3 Å². The second kappa shape index (κ2) is 3.76. The lowest BCUT2D eigenvalue weighted by atomic mass is 9.87. The van der Waals surface area contributed by atoms with Crippen molar-refractivity contribution >= 4 is 0 Å². The van der Waals surface area contributed by atoms with Gasteiger partial charge in [-0.05, 0) is 6.42 Å². The quantitative estimate of drug-likeness (QED) is 0.582.